The van der Waals surface area contributed by atoms with Crippen LogP contribution in [-0.2, 0) is 11.3 Å². The van der Waals surface area contributed by atoms with Crippen LogP contribution in [0.25, 0.3) is 16.6 Å². The summed E-state index contributed by atoms with van der Waals surface area (Å²) in [7, 11) is 0. The average Bonchev–Trinajstić information content (AvgIpc) is 3.31. The fourth-order valence-electron chi connectivity index (χ4n) is 3.73. The molecule has 0 bridgehead atoms. The third-order valence-corrected chi connectivity index (χ3v) is 6.69. The zero-order chi connectivity index (χ0) is 23.7. The Labute approximate surface area is 200 Å². The molecule has 0 saturated carbocycles. The number of thioether (sulfide) groups is 1. The number of nitrogens with zero attached hydrogens (tertiary/aromatic N) is 2. The number of aromatic nitrogens is 2. The van der Waals surface area contributed by atoms with E-state index in [0.29, 0.717) is 34.1 Å². The van der Waals surface area contributed by atoms with E-state index < -0.39 is 0 Å². The molecule has 1 N–H and O–H groups in total. The molecule has 0 aliphatic carbocycles. The van der Waals surface area contributed by atoms with Crippen molar-refractivity contribution in [2.45, 2.75) is 25.5 Å². The van der Waals surface area contributed by atoms with Crippen molar-refractivity contribution >= 4 is 28.6 Å². The topological polar surface area (TPSA) is 82.5 Å². The first-order valence-electron chi connectivity index (χ1n) is 10.9. The second-order valence-electron chi connectivity index (χ2n) is 8.07. The standard InChI is InChI=1S/C26H23N3O4S/c1-16-7-9-19(11-17(16)2)29-25(31)20-5-3-4-6-21(20)28-26(29)34-14-24(30)27-13-18-8-10-22-23(12-18)33-15-32-22/h3-12H,13-15H2,1-2H3,(H,27,30). The van der Waals surface area contributed by atoms with Gasteiger partial charge in [-0.1, -0.05) is 36.0 Å². The van der Waals surface area contributed by atoms with Gasteiger partial charge >= 0.3 is 0 Å². The number of nitrogens with one attached hydrogen (secondary N) is 1. The summed E-state index contributed by atoms with van der Waals surface area (Å²) in [5.41, 5.74) is 4.32. The minimum atomic E-state index is -0.156. The number of benzene rings is 3. The number of carbonyl (C=O) groups excluding carboxylic acids is 1. The van der Waals surface area contributed by atoms with E-state index in [1.165, 1.54) is 11.8 Å². The zero-order valence-electron chi connectivity index (χ0n) is 18.8. The third kappa shape index (κ3) is 4.36. The number of aryl methyl sites for hydroxylation is 2. The van der Waals surface area contributed by atoms with Crippen LogP contribution in [0.2, 0.25) is 0 Å². The van der Waals surface area contributed by atoms with Crippen molar-refractivity contribution in [3.8, 4) is 17.2 Å². The minimum Gasteiger partial charge on any atom is -0.454 e. The number of hydrogen-bond acceptors (Lipinski definition) is 6. The normalized spacial score (nSPS) is 12.2. The second kappa shape index (κ2) is 9.23. The Kier molecular flexibility index (Phi) is 5.98. The lowest BCUT2D eigenvalue weighted by Gasteiger charge is -2.14. The van der Waals surface area contributed by atoms with Crippen LogP contribution in [0.3, 0.4) is 0 Å². The molecule has 0 fully saturated rings. The van der Waals surface area contributed by atoms with Gasteiger partial charge in [0.25, 0.3) is 5.56 Å². The van der Waals surface area contributed by atoms with E-state index in [2.05, 4.69) is 5.32 Å². The van der Waals surface area contributed by atoms with Gasteiger partial charge in [0.05, 0.1) is 22.3 Å². The van der Waals surface area contributed by atoms with Crippen molar-refractivity contribution in [2.75, 3.05) is 12.5 Å². The van der Waals surface area contributed by atoms with Crippen LogP contribution < -0.4 is 20.3 Å². The summed E-state index contributed by atoms with van der Waals surface area (Å²) in [6.07, 6.45) is 0. The van der Waals surface area contributed by atoms with Crippen LogP contribution in [0.4, 0.5) is 0 Å². The molecule has 3 aromatic carbocycles. The molecular formula is C26H23N3O4S. The molecule has 0 radical (unpaired) electrons. The molecule has 1 aromatic heterocycles. The predicted molar refractivity (Wildman–Crippen MR) is 132 cm³/mol. The third-order valence-electron chi connectivity index (χ3n) is 5.75. The Morgan fingerprint density at radius 1 is 1.03 bits per heavy atom. The molecule has 1 aliphatic rings. The number of carbonyl (C=O) groups is 1. The quantitative estimate of drug-likeness (QED) is 0.335. The number of fused-ring (bicyclic) bond motifs is 2. The predicted octanol–water partition coefficient (Wildman–Crippen LogP) is 4.14. The van der Waals surface area contributed by atoms with Crippen LogP contribution in [0.1, 0.15) is 16.7 Å². The first-order chi connectivity index (χ1) is 16.5. The summed E-state index contributed by atoms with van der Waals surface area (Å²) in [6.45, 7) is 4.61. The first kappa shape index (κ1) is 22.0. The molecule has 7 nitrogen and oxygen atoms in total. The average molecular weight is 474 g/mol. The van der Waals surface area contributed by atoms with E-state index in [-0.39, 0.29) is 24.0 Å². The SMILES string of the molecule is Cc1ccc(-n2c(SCC(=O)NCc3ccc4c(c3)OCO4)nc3ccccc3c2=O)cc1C. The Hall–Kier alpha value is -3.78. The molecule has 0 saturated heterocycles. The van der Waals surface area contributed by atoms with E-state index in [1.807, 2.05) is 68.4 Å². The molecule has 4 aromatic rings. The molecular weight excluding hydrogens is 450 g/mol. The summed E-state index contributed by atoms with van der Waals surface area (Å²) in [4.78, 5) is 30.7. The van der Waals surface area contributed by atoms with Gasteiger partial charge in [-0.3, -0.25) is 14.2 Å². The summed E-state index contributed by atoms with van der Waals surface area (Å²) in [6, 6.07) is 18.7. The maximum atomic E-state index is 13.4. The molecule has 0 atom stereocenters. The Morgan fingerprint density at radius 3 is 2.71 bits per heavy atom. The number of hydrogen-bond donors (Lipinski definition) is 1. The maximum absolute atomic E-state index is 13.4. The smallest absolute Gasteiger partial charge is 0.266 e. The minimum absolute atomic E-state index is 0.125. The highest BCUT2D eigenvalue weighted by molar-refractivity contribution is 7.99. The van der Waals surface area contributed by atoms with Crippen LogP contribution in [-0.4, -0.2) is 28.0 Å². The lowest BCUT2D eigenvalue weighted by Crippen LogP contribution is -2.26. The van der Waals surface area contributed by atoms with Crippen LogP contribution in [0, 0.1) is 13.8 Å². The zero-order valence-corrected chi connectivity index (χ0v) is 19.6. The first-order valence-corrected chi connectivity index (χ1v) is 11.9. The molecule has 0 unspecified atom stereocenters. The highest BCUT2D eigenvalue weighted by Gasteiger charge is 2.16. The summed E-state index contributed by atoms with van der Waals surface area (Å²) in [5.74, 6) is 1.35. The van der Waals surface area contributed by atoms with Gasteiger partial charge in [-0.15, -0.1) is 0 Å². The van der Waals surface area contributed by atoms with Crippen molar-refractivity contribution in [3.63, 3.8) is 0 Å². The number of para-hydroxylation sites is 1. The molecule has 1 aliphatic heterocycles. The van der Waals surface area contributed by atoms with Crippen molar-refractivity contribution in [3.05, 3.63) is 87.7 Å². The van der Waals surface area contributed by atoms with Gasteiger partial charge < -0.3 is 14.8 Å². The molecule has 2 heterocycles. The van der Waals surface area contributed by atoms with Crippen molar-refractivity contribution < 1.29 is 14.3 Å². The lowest BCUT2D eigenvalue weighted by molar-refractivity contribution is -0.118. The fourth-order valence-corrected chi connectivity index (χ4v) is 4.58. The number of ether oxygens (including phenoxy) is 2. The molecule has 172 valence electrons. The molecule has 1 amide bonds. The number of amides is 1. The second-order valence-corrected chi connectivity index (χ2v) is 9.02. The lowest BCUT2D eigenvalue weighted by atomic mass is 10.1. The molecule has 0 spiro atoms. The van der Waals surface area contributed by atoms with Gasteiger partial charge in [-0.05, 0) is 66.9 Å². The molecule has 5 rings (SSSR count). The Balaban J connectivity index is 1.37. The van der Waals surface area contributed by atoms with Crippen molar-refractivity contribution in [2.24, 2.45) is 0 Å². The van der Waals surface area contributed by atoms with E-state index in [4.69, 9.17) is 14.5 Å². The van der Waals surface area contributed by atoms with Gasteiger partial charge in [0.2, 0.25) is 12.7 Å². The Bertz CT molecular complexity index is 1460. The summed E-state index contributed by atoms with van der Waals surface area (Å²) in [5, 5.41) is 3.93. The van der Waals surface area contributed by atoms with E-state index in [0.717, 1.165) is 22.4 Å². The monoisotopic (exact) mass is 473 g/mol. The van der Waals surface area contributed by atoms with Gasteiger partial charge in [0, 0.05) is 6.54 Å². The van der Waals surface area contributed by atoms with Crippen LogP contribution in [0.5, 0.6) is 11.5 Å². The van der Waals surface area contributed by atoms with Gasteiger partial charge in [0.1, 0.15) is 0 Å². The van der Waals surface area contributed by atoms with E-state index in [9.17, 15) is 9.59 Å². The summed E-state index contributed by atoms with van der Waals surface area (Å²) < 4.78 is 12.3. The molecule has 34 heavy (non-hydrogen) atoms. The summed E-state index contributed by atoms with van der Waals surface area (Å²) >= 11 is 1.24. The fraction of sp³-hybridized carbons (Fsp3) is 0.192. The van der Waals surface area contributed by atoms with Crippen LogP contribution >= 0.6 is 11.8 Å². The van der Waals surface area contributed by atoms with Crippen molar-refractivity contribution in [1.29, 1.82) is 0 Å². The van der Waals surface area contributed by atoms with E-state index in [1.54, 1.807) is 10.6 Å². The largest absolute Gasteiger partial charge is 0.454 e. The van der Waals surface area contributed by atoms with Gasteiger partial charge in [-0.25, -0.2) is 4.98 Å². The highest BCUT2D eigenvalue weighted by Crippen LogP contribution is 2.32. The Morgan fingerprint density at radius 2 is 1.85 bits per heavy atom. The van der Waals surface area contributed by atoms with Gasteiger partial charge in [-0.2, -0.15) is 0 Å². The van der Waals surface area contributed by atoms with E-state index >= 15 is 0 Å². The van der Waals surface area contributed by atoms with Crippen LogP contribution in [0.15, 0.2) is 70.6 Å². The van der Waals surface area contributed by atoms with Crippen molar-refractivity contribution in [1.82, 2.24) is 14.9 Å². The maximum Gasteiger partial charge on any atom is 0.266 e. The number of rotatable bonds is 6. The highest BCUT2D eigenvalue weighted by atomic mass is 32.2. The molecule has 8 heteroatoms. The van der Waals surface area contributed by atoms with Gasteiger partial charge in [0.15, 0.2) is 16.7 Å².